The molecule has 1 aromatic carbocycles. The first-order valence-electron chi connectivity index (χ1n) is 8.66. The quantitative estimate of drug-likeness (QED) is 0.488. The molecule has 5 rings (SSSR count). The molecule has 0 aliphatic rings. The molecule has 0 atom stereocenters. The number of rotatable bonds is 5. The highest BCUT2D eigenvalue weighted by Crippen LogP contribution is 2.21. The first-order chi connectivity index (χ1) is 13.8. The topological polar surface area (TPSA) is 106 Å². The van der Waals surface area contributed by atoms with E-state index in [4.69, 9.17) is 4.74 Å². The van der Waals surface area contributed by atoms with Crippen LogP contribution in [0.5, 0.6) is 5.88 Å². The van der Waals surface area contributed by atoms with Gasteiger partial charge in [0.1, 0.15) is 11.8 Å². The number of aromatic amines is 1. The lowest BCUT2D eigenvalue weighted by Gasteiger charge is -2.07. The molecule has 0 fully saturated rings. The smallest absolute Gasteiger partial charge is 0.225 e. The van der Waals surface area contributed by atoms with Crippen LogP contribution in [-0.2, 0) is 6.54 Å². The molecule has 0 amide bonds. The largest absolute Gasteiger partial charge is 0.481 e. The average molecular weight is 372 g/mol. The highest BCUT2D eigenvalue weighted by Gasteiger charge is 2.09. The van der Waals surface area contributed by atoms with Gasteiger partial charge in [-0.1, -0.05) is 0 Å². The first-order valence-corrected chi connectivity index (χ1v) is 8.66. The van der Waals surface area contributed by atoms with Gasteiger partial charge in [0.25, 0.3) is 0 Å². The minimum Gasteiger partial charge on any atom is -0.481 e. The number of pyridine rings is 1. The van der Waals surface area contributed by atoms with Crippen LogP contribution in [-0.4, -0.2) is 41.8 Å². The van der Waals surface area contributed by atoms with Crippen molar-refractivity contribution in [1.29, 1.82) is 0 Å². The Morgan fingerprint density at radius 3 is 3.00 bits per heavy atom. The number of aromatic nitrogens is 7. The number of nitrogens with one attached hydrogen (secondary N) is 2. The van der Waals surface area contributed by atoms with Gasteiger partial charge in [-0.25, -0.2) is 15.0 Å². The molecule has 2 N–H and O–H groups in total. The molecule has 5 aromatic rings. The van der Waals surface area contributed by atoms with Crippen LogP contribution in [0.2, 0.25) is 0 Å². The minimum atomic E-state index is 0.521. The van der Waals surface area contributed by atoms with Gasteiger partial charge in [-0.05, 0) is 29.8 Å². The summed E-state index contributed by atoms with van der Waals surface area (Å²) in [4.78, 5) is 17.5. The van der Waals surface area contributed by atoms with Gasteiger partial charge < -0.3 is 10.1 Å². The van der Waals surface area contributed by atoms with Gasteiger partial charge in [0.15, 0.2) is 5.65 Å². The summed E-state index contributed by atoms with van der Waals surface area (Å²) in [6.07, 6.45) is 6.96. The summed E-state index contributed by atoms with van der Waals surface area (Å²) < 4.78 is 7.08. The molecule has 4 heterocycles. The number of ether oxygens (including phenoxy) is 1. The van der Waals surface area contributed by atoms with E-state index >= 15 is 0 Å². The molecule has 9 heteroatoms. The summed E-state index contributed by atoms with van der Waals surface area (Å²) in [7, 11) is 1.60. The second kappa shape index (κ2) is 6.62. The van der Waals surface area contributed by atoms with Crippen molar-refractivity contribution in [2.75, 3.05) is 12.4 Å². The first kappa shape index (κ1) is 16.2. The van der Waals surface area contributed by atoms with Gasteiger partial charge in [0, 0.05) is 24.2 Å². The second-order valence-electron chi connectivity index (χ2n) is 6.22. The third-order valence-electron chi connectivity index (χ3n) is 4.45. The van der Waals surface area contributed by atoms with Crippen LogP contribution in [0.3, 0.4) is 0 Å². The highest BCUT2D eigenvalue weighted by atomic mass is 16.5. The van der Waals surface area contributed by atoms with Gasteiger partial charge in [0.05, 0.1) is 30.7 Å². The van der Waals surface area contributed by atoms with Crippen molar-refractivity contribution in [2.45, 2.75) is 6.54 Å². The zero-order valence-electron chi connectivity index (χ0n) is 15.0. The van der Waals surface area contributed by atoms with Crippen molar-refractivity contribution >= 4 is 28.0 Å². The molecule has 0 aliphatic carbocycles. The Kier molecular flexibility index (Phi) is 3.82. The SMILES string of the molecule is COc1cc(CNc2ncc3ncn(-c4ccc5cn[nH]c5c4)c3n2)ccn1. The molecule has 0 aliphatic heterocycles. The lowest BCUT2D eigenvalue weighted by molar-refractivity contribution is 0.397. The number of benzene rings is 1. The highest BCUT2D eigenvalue weighted by molar-refractivity contribution is 5.81. The van der Waals surface area contributed by atoms with Gasteiger partial charge >= 0.3 is 0 Å². The Balaban J connectivity index is 1.45. The summed E-state index contributed by atoms with van der Waals surface area (Å²) in [5.41, 5.74) is 4.37. The Morgan fingerprint density at radius 1 is 1.11 bits per heavy atom. The van der Waals surface area contributed by atoms with Crippen molar-refractivity contribution in [3.63, 3.8) is 0 Å². The van der Waals surface area contributed by atoms with Crippen molar-refractivity contribution in [1.82, 2.24) is 34.7 Å². The van der Waals surface area contributed by atoms with E-state index < -0.39 is 0 Å². The molecule has 138 valence electrons. The number of imidazole rings is 1. The molecule has 0 unspecified atom stereocenters. The van der Waals surface area contributed by atoms with Crippen molar-refractivity contribution in [2.24, 2.45) is 0 Å². The maximum atomic E-state index is 5.15. The summed E-state index contributed by atoms with van der Waals surface area (Å²) in [6.45, 7) is 0.554. The summed E-state index contributed by atoms with van der Waals surface area (Å²) in [5.74, 6) is 1.09. The predicted molar refractivity (Wildman–Crippen MR) is 104 cm³/mol. The number of nitrogens with zero attached hydrogens (tertiary/aromatic N) is 6. The van der Waals surface area contributed by atoms with Crippen LogP contribution in [0.25, 0.3) is 27.8 Å². The van der Waals surface area contributed by atoms with E-state index in [9.17, 15) is 0 Å². The van der Waals surface area contributed by atoms with Crippen LogP contribution in [0.4, 0.5) is 5.95 Å². The van der Waals surface area contributed by atoms with Crippen molar-refractivity contribution < 1.29 is 4.74 Å². The maximum absolute atomic E-state index is 5.15. The molecule has 0 radical (unpaired) electrons. The van der Waals surface area contributed by atoms with Crippen LogP contribution in [0.1, 0.15) is 5.56 Å². The van der Waals surface area contributed by atoms with E-state index in [0.717, 1.165) is 33.3 Å². The van der Waals surface area contributed by atoms with Crippen LogP contribution < -0.4 is 10.1 Å². The van der Waals surface area contributed by atoms with Crippen LogP contribution in [0.15, 0.2) is 55.2 Å². The number of methoxy groups -OCH3 is 1. The summed E-state index contributed by atoms with van der Waals surface area (Å²) >= 11 is 0. The molecule has 0 saturated heterocycles. The number of hydrogen-bond donors (Lipinski definition) is 2. The molecule has 4 aromatic heterocycles. The van der Waals surface area contributed by atoms with Gasteiger partial charge in [-0.15, -0.1) is 0 Å². The lowest BCUT2D eigenvalue weighted by Crippen LogP contribution is -2.05. The molecule has 0 spiro atoms. The fourth-order valence-electron chi connectivity index (χ4n) is 3.01. The van der Waals surface area contributed by atoms with E-state index in [2.05, 4.69) is 35.5 Å². The van der Waals surface area contributed by atoms with Crippen molar-refractivity contribution in [3.8, 4) is 11.6 Å². The Bertz CT molecular complexity index is 1280. The number of hydrogen-bond acceptors (Lipinski definition) is 7. The zero-order chi connectivity index (χ0) is 18.9. The fraction of sp³-hybridized carbons (Fsp3) is 0.105. The number of H-pyrrole nitrogens is 1. The van der Waals surface area contributed by atoms with Gasteiger partial charge in [-0.3, -0.25) is 9.67 Å². The molecule has 9 nitrogen and oxygen atoms in total. The fourth-order valence-corrected chi connectivity index (χ4v) is 3.01. The van der Waals surface area contributed by atoms with E-state index in [1.165, 1.54) is 0 Å². The Morgan fingerprint density at radius 2 is 2.07 bits per heavy atom. The maximum Gasteiger partial charge on any atom is 0.225 e. The van der Waals surface area contributed by atoms with E-state index in [1.54, 1.807) is 32.0 Å². The third kappa shape index (κ3) is 2.88. The van der Waals surface area contributed by atoms with E-state index in [-0.39, 0.29) is 0 Å². The third-order valence-corrected chi connectivity index (χ3v) is 4.45. The molecule has 0 bridgehead atoms. The average Bonchev–Trinajstić information content (AvgIpc) is 3.38. The van der Waals surface area contributed by atoms with Crippen molar-refractivity contribution in [3.05, 3.63) is 60.8 Å². The monoisotopic (exact) mass is 372 g/mol. The normalized spacial score (nSPS) is 11.2. The molecule has 28 heavy (non-hydrogen) atoms. The van der Waals surface area contributed by atoms with Gasteiger partial charge in [0.2, 0.25) is 11.8 Å². The number of anilines is 1. The van der Waals surface area contributed by atoms with Gasteiger partial charge in [-0.2, -0.15) is 10.1 Å². The van der Waals surface area contributed by atoms with Crippen LogP contribution in [0, 0.1) is 0 Å². The summed E-state index contributed by atoms with van der Waals surface area (Å²) in [5, 5.41) is 11.3. The second-order valence-corrected chi connectivity index (χ2v) is 6.22. The predicted octanol–water partition coefficient (Wildman–Crippen LogP) is 2.71. The van der Waals surface area contributed by atoms with Crippen LogP contribution >= 0.6 is 0 Å². The van der Waals surface area contributed by atoms with E-state index in [1.807, 2.05) is 34.9 Å². The molecular weight excluding hydrogens is 356 g/mol. The standard InChI is InChI=1S/C19H16N8O/c1-28-17-6-12(4-5-20-17)8-21-19-22-10-16-18(25-19)27(11-23-16)14-3-2-13-9-24-26-15(13)7-14/h2-7,9-11H,8H2,1H3,(H,24,26)(H,21,22,25). The Labute approximate surface area is 159 Å². The summed E-state index contributed by atoms with van der Waals surface area (Å²) in [6, 6.07) is 9.82. The minimum absolute atomic E-state index is 0.521. The number of fused-ring (bicyclic) bond motifs is 2. The Hall–Kier alpha value is -4.01. The molecular formula is C19H16N8O. The molecule has 0 saturated carbocycles. The zero-order valence-corrected chi connectivity index (χ0v) is 15.0. The lowest BCUT2D eigenvalue weighted by atomic mass is 10.2. The van der Waals surface area contributed by atoms with E-state index in [0.29, 0.717) is 18.4 Å².